The molecule has 0 amide bonds. The Balaban J connectivity index is 2.37. The van der Waals surface area contributed by atoms with Gasteiger partial charge in [0.05, 0.1) is 0 Å². The molecule has 0 aromatic carbocycles. The van der Waals surface area contributed by atoms with Crippen LogP contribution in [0.1, 0.15) is 26.7 Å². The van der Waals surface area contributed by atoms with Crippen molar-refractivity contribution in [2.24, 2.45) is 11.7 Å². The van der Waals surface area contributed by atoms with E-state index in [2.05, 4.69) is 18.7 Å². The molecule has 1 atom stereocenters. The average Bonchev–Trinajstić information content (AvgIpc) is 2.36. The van der Waals surface area contributed by atoms with Crippen LogP contribution in [-0.2, 0) is 0 Å². The quantitative estimate of drug-likeness (QED) is 0.662. The molecule has 0 spiro atoms. The maximum atomic E-state index is 5.53. The Bertz CT molecular complexity index is 112. The Hall–Kier alpha value is -0.0800. The van der Waals surface area contributed by atoms with Gasteiger partial charge in [-0.15, -0.1) is 0 Å². The lowest BCUT2D eigenvalue weighted by atomic mass is 10.0. The van der Waals surface area contributed by atoms with E-state index in [-0.39, 0.29) is 0 Å². The molecule has 2 nitrogen and oxygen atoms in total. The number of likely N-dealkylation sites (tertiary alicyclic amines) is 1. The summed E-state index contributed by atoms with van der Waals surface area (Å²) >= 11 is 0. The normalized spacial score (nSPS) is 26.7. The highest BCUT2D eigenvalue weighted by Gasteiger charge is 2.25. The highest BCUT2D eigenvalue weighted by atomic mass is 15.2. The molecule has 0 unspecified atom stereocenters. The molecule has 66 valence electrons. The first-order valence-electron chi connectivity index (χ1n) is 4.70. The number of nitrogens with zero attached hydrogens (tertiary/aromatic N) is 1. The van der Waals surface area contributed by atoms with E-state index in [1.165, 1.54) is 19.4 Å². The first-order chi connectivity index (χ1) is 5.25. The van der Waals surface area contributed by atoms with Gasteiger partial charge in [0.1, 0.15) is 0 Å². The summed E-state index contributed by atoms with van der Waals surface area (Å²) in [4.78, 5) is 2.53. The van der Waals surface area contributed by atoms with E-state index >= 15 is 0 Å². The third-order valence-electron chi connectivity index (χ3n) is 2.60. The Morgan fingerprint density at radius 3 is 2.82 bits per heavy atom. The van der Waals surface area contributed by atoms with Crippen LogP contribution in [0, 0.1) is 5.92 Å². The average molecular weight is 156 g/mol. The number of nitrogens with two attached hydrogens (primary N) is 1. The molecule has 2 N–H and O–H groups in total. The molecule has 0 aliphatic carbocycles. The predicted molar refractivity (Wildman–Crippen MR) is 48.5 cm³/mol. The van der Waals surface area contributed by atoms with Gasteiger partial charge in [-0.2, -0.15) is 0 Å². The third kappa shape index (κ3) is 2.17. The second-order valence-electron chi connectivity index (χ2n) is 3.78. The standard InChI is InChI=1S/C9H20N2/c1-8(2)9-4-3-6-11(9)7-5-10/h8-9H,3-7,10H2,1-2H3/t9-/m1/s1. The SMILES string of the molecule is CC(C)[C@H]1CCCN1CCN. The summed E-state index contributed by atoms with van der Waals surface area (Å²) in [6.07, 6.45) is 2.74. The fourth-order valence-corrected chi connectivity index (χ4v) is 2.05. The highest BCUT2D eigenvalue weighted by molar-refractivity contribution is 4.81. The van der Waals surface area contributed by atoms with Crippen molar-refractivity contribution < 1.29 is 0 Å². The van der Waals surface area contributed by atoms with Crippen molar-refractivity contribution in [1.29, 1.82) is 0 Å². The van der Waals surface area contributed by atoms with Gasteiger partial charge < -0.3 is 5.73 Å². The zero-order valence-corrected chi connectivity index (χ0v) is 7.71. The molecule has 0 aromatic rings. The van der Waals surface area contributed by atoms with E-state index in [1.807, 2.05) is 0 Å². The molecule has 0 saturated carbocycles. The van der Waals surface area contributed by atoms with Crippen LogP contribution in [0.5, 0.6) is 0 Å². The Morgan fingerprint density at radius 2 is 2.27 bits per heavy atom. The number of rotatable bonds is 3. The molecule has 1 rings (SSSR count). The lowest BCUT2D eigenvalue weighted by Crippen LogP contribution is -2.36. The zero-order valence-electron chi connectivity index (χ0n) is 7.71. The van der Waals surface area contributed by atoms with Gasteiger partial charge in [0, 0.05) is 19.1 Å². The summed E-state index contributed by atoms with van der Waals surface area (Å²) in [6, 6.07) is 0.804. The van der Waals surface area contributed by atoms with Crippen LogP contribution in [0.15, 0.2) is 0 Å². The van der Waals surface area contributed by atoms with Gasteiger partial charge in [-0.25, -0.2) is 0 Å². The molecule has 0 radical (unpaired) electrons. The zero-order chi connectivity index (χ0) is 8.27. The molecule has 0 bridgehead atoms. The minimum atomic E-state index is 0.795. The minimum Gasteiger partial charge on any atom is -0.329 e. The van der Waals surface area contributed by atoms with Gasteiger partial charge in [0.2, 0.25) is 0 Å². The van der Waals surface area contributed by atoms with E-state index in [4.69, 9.17) is 5.73 Å². The largest absolute Gasteiger partial charge is 0.329 e. The molecule has 0 aromatic heterocycles. The van der Waals surface area contributed by atoms with Crippen molar-refractivity contribution in [3.05, 3.63) is 0 Å². The van der Waals surface area contributed by atoms with Crippen LogP contribution in [0.25, 0.3) is 0 Å². The van der Waals surface area contributed by atoms with Crippen LogP contribution < -0.4 is 5.73 Å². The summed E-state index contributed by atoms with van der Waals surface area (Å²) in [5.74, 6) is 0.795. The second kappa shape index (κ2) is 4.07. The Kier molecular flexibility index (Phi) is 3.34. The topological polar surface area (TPSA) is 29.3 Å². The molecule has 1 saturated heterocycles. The van der Waals surface area contributed by atoms with Gasteiger partial charge in [-0.3, -0.25) is 4.90 Å². The van der Waals surface area contributed by atoms with Gasteiger partial charge >= 0.3 is 0 Å². The van der Waals surface area contributed by atoms with Crippen LogP contribution in [0.2, 0.25) is 0 Å². The monoisotopic (exact) mass is 156 g/mol. The Labute approximate surface area is 69.8 Å². The van der Waals surface area contributed by atoms with Gasteiger partial charge in [-0.1, -0.05) is 13.8 Å². The van der Waals surface area contributed by atoms with Crippen molar-refractivity contribution in [3.63, 3.8) is 0 Å². The van der Waals surface area contributed by atoms with Crippen LogP contribution in [0.4, 0.5) is 0 Å². The van der Waals surface area contributed by atoms with E-state index in [9.17, 15) is 0 Å². The van der Waals surface area contributed by atoms with Crippen molar-refractivity contribution in [2.75, 3.05) is 19.6 Å². The van der Waals surface area contributed by atoms with Gasteiger partial charge in [0.15, 0.2) is 0 Å². The van der Waals surface area contributed by atoms with Crippen molar-refractivity contribution in [1.82, 2.24) is 4.90 Å². The van der Waals surface area contributed by atoms with E-state index in [0.717, 1.165) is 25.0 Å². The smallest absolute Gasteiger partial charge is 0.0119 e. The lowest BCUT2D eigenvalue weighted by Gasteiger charge is -2.26. The van der Waals surface area contributed by atoms with Crippen molar-refractivity contribution in [2.45, 2.75) is 32.7 Å². The maximum absolute atomic E-state index is 5.53. The van der Waals surface area contributed by atoms with Crippen molar-refractivity contribution in [3.8, 4) is 0 Å². The molecule has 2 heteroatoms. The summed E-state index contributed by atoms with van der Waals surface area (Å²) in [6.45, 7) is 7.77. The molecular formula is C9H20N2. The van der Waals surface area contributed by atoms with Crippen molar-refractivity contribution >= 4 is 0 Å². The predicted octanol–water partition coefficient (Wildman–Crippen LogP) is 1.07. The van der Waals surface area contributed by atoms with Crippen LogP contribution >= 0.6 is 0 Å². The molecule has 1 heterocycles. The van der Waals surface area contributed by atoms with Crippen LogP contribution in [0.3, 0.4) is 0 Å². The molecule has 1 fully saturated rings. The molecular weight excluding hydrogens is 136 g/mol. The fourth-order valence-electron chi connectivity index (χ4n) is 2.05. The summed E-state index contributed by atoms with van der Waals surface area (Å²) in [5, 5.41) is 0. The van der Waals surface area contributed by atoms with E-state index in [1.54, 1.807) is 0 Å². The second-order valence-corrected chi connectivity index (χ2v) is 3.78. The molecule has 11 heavy (non-hydrogen) atoms. The fraction of sp³-hybridized carbons (Fsp3) is 1.00. The molecule has 1 aliphatic heterocycles. The van der Waals surface area contributed by atoms with Gasteiger partial charge in [-0.05, 0) is 25.3 Å². The first kappa shape index (κ1) is 9.01. The van der Waals surface area contributed by atoms with E-state index < -0.39 is 0 Å². The summed E-state index contributed by atoms with van der Waals surface area (Å²) in [5.41, 5.74) is 5.53. The summed E-state index contributed by atoms with van der Waals surface area (Å²) < 4.78 is 0. The van der Waals surface area contributed by atoms with Gasteiger partial charge in [0.25, 0.3) is 0 Å². The maximum Gasteiger partial charge on any atom is 0.0119 e. The van der Waals surface area contributed by atoms with E-state index in [0.29, 0.717) is 0 Å². The summed E-state index contributed by atoms with van der Waals surface area (Å²) in [7, 11) is 0. The molecule has 1 aliphatic rings. The highest BCUT2D eigenvalue weighted by Crippen LogP contribution is 2.22. The van der Waals surface area contributed by atoms with Crippen LogP contribution in [-0.4, -0.2) is 30.6 Å². The number of hydrogen-bond acceptors (Lipinski definition) is 2. The Morgan fingerprint density at radius 1 is 1.55 bits per heavy atom. The third-order valence-corrected chi connectivity index (χ3v) is 2.60. The number of hydrogen-bond donors (Lipinski definition) is 1. The first-order valence-corrected chi connectivity index (χ1v) is 4.70. The minimum absolute atomic E-state index is 0.795. The lowest BCUT2D eigenvalue weighted by molar-refractivity contribution is 0.212.